The molecule has 0 fully saturated rings. The lowest BCUT2D eigenvalue weighted by Gasteiger charge is -2.13. The molecule has 0 saturated carbocycles. The molecule has 2 aromatic carbocycles. The van der Waals surface area contributed by atoms with E-state index in [-0.39, 0.29) is 10.8 Å². The van der Waals surface area contributed by atoms with E-state index in [0.717, 1.165) is 9.20 Å². The molecule has 0 unspecified atom stereocenters. The van der Waals surface area contributed by atoms with Gasteiger partial charge in [-0.15, -0.1) is 11.8 Å². The average Bonchev–Trinajstić information content (AvgIpc) is 2.61. The SMILES string of the molecule is COc1cc(SC)ccc1C(=O)Nc1cccc(S(=O)(=O)N(C)C)c1. The number of carbonyl (C=O) groups excluding carboxylic acids is 1. The molecular weight excluding hydrogens is 360 g/mol. The van der Waals surface area contributed by atoms with E-state index in [9.17, 15) is 13.2 Å². The molecule has 0 bridgehead atoms. The molecule has 0 aliphatic carbocycles. The van der Waals surface area contributed by atoms with Gasteiger partial charge in [-0.1, -0.05) is 6.07 Å². The lowest BCUT2D eigenvalue weighted by molar-refractivity contribution is 0.102. The molecule has 0 heterocycles. The van der Waals surface area contributed by atoms with Crippen molar-refractivity contribution in [2.45, 2.75) is 9.79 Å². The molecule has 2 rings (SSSR count). The van der Waals surface area contributed by atoms with E-state index >= 15 is 0 Å². The summed E-state index contributed by atoms with van der Waals surface area (Å²) in [6, 6.07) is 11.4. The minimum atomic E-state index is -3.57. The molecule has 1 N–H and O–H groups in total. The summed E-state index contributed by atoms with van der Waals surface area (Å²) < 4.78 is 30.8. The van der Waals surface area contributed by atoms with E-state index in [2.05, 4.69) is 5.32 Å². The van der Waals surface area contributed by atoms with Crippen molar-refractivity contribution in [1.82, 2.24) is 4.31 Å². The van der Waals surface area contributed by atoms with Crippen LogP contribution in [-0.4, -0.2) is 46.1 Å². The maximum Gasteiger partial charge on any atom is 0.259 e. The van der Waals surface area contributed by atoms with E-state index in [4.69, 9.17) is 4.74 Å². The standard InChI is InChI=1S/C17H20N2O4S2/c1-19(2)25(21,22)14-7-5-6-12(10-14)18-17(20)15-9-8-13(24-4)11-16(15)23-3/h5-11H,1-4H3,(H,18,20). The molecule has 0 aliphatic rings. The summed E-state index contributed by atoms with van der Waals surface area (Å²) in [5.41, 5.74) is 0.769. The molecule has 0 radical (unpaired) electrons. The van der Waals surface area contributed by atoms with Crippen LogP contribution in [0.5, 0.6) is 5.75 Å². The molecule has 2 aromatic rings. The number of hydrogen-bond donors (Lipinski definition) is 1. The summed E-state index contributed by atoms with van der Waals surface area (Å²) >= 11 is 1.55. The molecule has 0 atom stereocenters. The largest absolute Gasteiger partial charge is 0.496 e. The first-order valence-corrected chi connectivity index (χ1v) is 10.0. The number of ether oxygens (including phenoxy) is 1. The van der Waals surface area contributed by atoms with Gasteiger partial charge in [0.05, 0.1) is 17.6 Å². The van der Waals surface area contributed by atoms with Crippen molar-refractivity contribution < 1.29 is 17.9 Å². The first-order chi connectivity index (χ1) is 11.8. The Hall–Kier alpha value is -2.03. The highest BCUT2D eigenvalue weighted by Crippen LogP contribution is 2.26. The van der Waals surface area contributed by atoms with Crippen LogP contribution in [0.2, 0.25) is 0 Å². The predicted octanol–water partition coefficient (Wildman–Crippen LogP) is 2.92. The zero-order valence-electron chi connectivity index (χ0n) is 14.4. The molecule has 134 valence electrons. The Labute approximate surface area is 152 Å². The van der Waals surface area contributed by atoms with Gasteiger partial charge in [0.25, 0.3) is 5.91 Å². The highest BCUT2D eigenvalue weighted by Gasteiger charge is 2.18. The second kappa shape index (κ2) is 7.90. The third kappa shape index (κ3) is 4.33. The minimum Gasteiger partial charge on any atom is -0.496 e. The van der Waals surface area contributed by atoms with Crippen LogP contribution in [0.4, 0.5) is 5.69 Å². The minimum absolute atomic E-state index is 0.111. The third-order valence-corrected chi connectivity index (χ3v) is 6.06. The summed E-state index contributed by atoms with van der Waals surface area (Å²) in [5, 5.41) is 2.71. The number of benzene rings is 2. The molecule has 25 heavy (non-hydrogen) atoms. The van der Waals surface area contributed by atoms with Gasteiger partial charge in [-0.25, -0.2) is 12.7 Å². The van der Waals surface area contributed by atoms with Crippen molar-refractivity contribution in [2.75, 3.05) is 32.8 Å². The number of hydrogen-bond acceptors (Lipinski definition) is 5. The molecule has 6 nitrogen and oxygen atoms in total. The highest BCUT2D eigenvalue weighted by molar-refractivity contribution is 7.98. The van der Waals surface area contributed by atoms with Gasteiger partial charge in [-0.2, -0.15) is 0 Å². The number of sulfonamides is 1. The van der Waals surface area contributed by atoms with Gasteiger partial charge in [0.15, 0.2) is 0 Å². The number of methoxy groups -OCH3 is 1. The predicted molar refractivity (Wildman–Crippen MR) is 100 cm³/mol. The quantitative estimate of drug-likeness (QED) is 0.780. The van der Waals surface area contributed by atoms with Gasteiger partial charge < -0.3 is 10.1 Å². The second-order valence-electron chi connectivity index (χ2n) is 5.34. The van der Waals surface area contributed by atoms with Crippen LogP contribution < -0.4 is 10.1 Å². The molecule has 0 aromatic heterocycles. The second-order valence-corrected chi connectivity index (χ2v) is 8.37. The van der Waals surface area contributed by atoms with Crippen molar-refractivity contribution in [2.24, 2.45) is 0 Å². The highest BCUT2D eigenvalue weighted by atomic mass is 32.2. The first-order valence-electron chi connectivity index (χ1n) is 7.35. The molecule has 8 heteroatoms. The monoisotopic (exact) mass is 380 g/mol. The fourth-order valence-corrected chi connectivity index (χ4v) is 3.51. The van der Waals surface area contributed by atoms with E-state index < -0.39 is 10.0 Å². The average molecular weight is 380 g/mol. The Kier molecular flexibility index (Phi) is 6.10. The van der Waals surface area contributed by atoms with Crippen molar-refractivity contribution in [3.05, 3.63) is 48.0 Å². The lowest BCUT2D eigenvalue weighted by atomic mass is 10.2. The molecule has 1 amide bonds. The smallest absolute Gasteiger partial charge is 0.259 e. The number of amides is 1. The van der Waals surface area contributed by atoms with E-state index in [1.807, 2.05) is 12.3 Å². The number of nitrogens with one attached hydrogen (secondary N) is 1. The van der Waals surface area contributed by atoms with Crippen LogP contribution in [0, 0.1) is 0 Å². The number of anilines is 1. The third-order valence-electron chi connectivity index (χ3n) is 3.52. The van der Waals surface area contributed by atoms with Gasteiger partial charge in [-0.3, -0.25) is 4.79 Å². The number of nitrogens with zero attached hydrogens (tertiary/aromatic N) is 1. The summed E-state index contributed by atoms with van der Waals surface area (Å²) in [7, 11) is 0.848. The normalized spacial score (nSPS) is 11.4. The first kappa shape index (κ1) is 19.3. The summed E-state index contributed by atoms with van der Waals surface area (Å²) in [5.74, 6) is 0.0883. The molecule has 0 aliphatic heterocycles. The van der Waals surface area contributed by atoms with Gasteiger partial charge >= 0.3 is 0 Å². The van der Waals surface area contributed by atoms with Crippen LogP contribution in [0.25, 0.3) is 0 Å². The van der Waals surface area contributed by atoms with Crippen molar-refractivity contribution in [3.8, 4) is 5.75 Å². The molecule has 0 saturated heterocycles. The number of rotatable bonds is 6. The maximum absolute atomic E-state index is 12.5. The van der Waals surface area contributed by atoms with Gasteiger partial charge in [0.1, 0.15) is 5.75 Å². The molecular formula is C17H20N2O4S2. The Bertz CT molecular complexity index is 880. The summed E-state index contributed by atoms with van der Waals surface area (Å²) in [6.45, 7) is 0. The van der Waals surface area contributed by atoms with Gasteiger partial charge in [-0.05, 0) is 42.7 Å². The number of thioether (sulfide) groups is 1. The zero-order valence-corrected chi connectivity index (χ0v) is 16.1. The van der Waals surface area contributed by atoms with E-state index in [1.54, 1.807) is 36.0 Å². The Morgan fingerprint density at radius 2 is 1.88 bits per heavy atom. The van der Waals surface area contributed by atoms with Gasteiger partial charge in [0, 0.05) is 24.7 Å². The van der Waals surface area contributed by atoms with E-state index in [0.29, 0.717) is 17.0 Å². The Morgan fingerprint density at radius 3 is 2.48 bits per heavy atom. The Morgan fingerprint density at radius 1 is 1.16 bits per heavy atom. The summed E-state index contributed by atoms with van der Waals surface area (Å²) in [6.07, 6.45) is 1.94. The van der Waals surface area contributed by atoms with Crippen molar-refractivity contribution in [1.29, 1.82) is 0 Å². The van der Waals surface area contributed by atoms with Crippen LogP contribution in [0.3, 0.4) is 0 Å². The van der Waals surface area contributed by atoms with E-state index in [1.165, 1.54) is 33.3 Å². The van der Waals surface area contributed by atoms with Crippen LogP contribution in [0.1, 0.15) is 10.4 Å². The van der Waals surface area contributed by atoms with Crippen LogP contribution in [-0.2, 0) is 10.0 Å². The van der Waals surface area contributed by atoms with Crippen LogP contribution in [0.15, 0.2) is 52.3 Å². The van der Waals surface area contributed by atoms with Crippen molar-refractivity contribution in [3.63, 3.8) is 0 Å². The summed E-state index contributed by atoms with van der Waals surface area (Å²) in [4.78, 5) is 13.6. The number of carbonyl (C=O) groups is 1. The fourth-order valence-electron chi connectivity index (χ4n) is 2.13. The zero-order chi connectivity index (χ0) is 18.6. The van der Waals surface area contributed by atoms with Crippen LogP contribution >= 0.6 is 11.8 Å². The Balaban J connectivity index is 2.30. The van der Waals surface area contributed by atoms with Gasteiger partial charge in [0.2, 0.25) is 10.0 Å². The lowest BCUT2D eigenvalue weighted by Crippen LogP contribution is -2.22. The topological polar surface area (TPSA) is 75.7 Å². The molecule has 0 spiro atoms. The fraction of sp³-hybridized carbons (Fsp3) is 0.235. The van der Waals surface area contributed by atoms with Crippen molar-refractivity contribution >= 4 is 33.4 Å². The maximum atomic E-state index is 12.5.